The van der Waals surface area contributed by atoms with Gasteiger partial charge < -0.3 is 4.74 Å². The fourth-order valence-electron chi connectivity index (χ4n) is 3.61. The molecule has 0 N–H and O–H groups in total. The van der Waals surface area contributed by atoms with Crippen LogP contribution >= 0.6 is 0 Å². The topological polar surface area (TPSA) is 25.4 Å². The Morgan fingerprint density at radius 1 is 1.25 bits per heavy atom. The molecule has 0 spiro atoms. The van der Waals surface area contributed by atoms with Crippen LogP contribution in [0.1, 0.15) is 44.1 Å². The second-order valence-corrected chi connectivity index (χ2v) is 6.33. The Morgan fingerprint density at radius 3 is 2.95 bits per heavy atom. The number of ether oxygens (including phenoxy) is 1. The van der Waals surface area contributed by atoms with E-state index in [1.165, 1.54) is 44.1 Å². The molecule has 2 fully saturated rings. The summed E-state index contributed by atoms with van der Waals surface area (Å²) in [5, 5.41) is 0. The van der Waals surface area contributed by atoms with Crippen LogP contribution in [0.3, 0.4) is 0 Å². The van der Waals surface area contributed by atoms with Gasteiger partial charge in [0.2, 0.25) is 0 Å². The van der Waals surface area contributed by atoms with Gasteiger partial charge in [-0.15, -0.1) is 0 Å². The second kappa shape index (κ2) is 7.19. The molecule has 1 atom stereocenters. The second-order valence-electron chi connectivity index (χ2n) is 6.33. The van der Waals surface area contributed by atoms with Gasteiger partial charge in [-0.25, -0.2) is 0 Å². The van der Waals surface area contributed by atoms with Crippen molar-refractivity contribution in [2.45, 2.75) is 51.2 Å². The Morgan fingerprint density at radius 2 is 2.15 bits per heavy atom. The van der Waals surface area contributed by atoms with Gasteiger partial charge >= 0.3 is 0 Å². The van der Waals surface area contributed by atoms with Crippen molar-refractivity contribution in [3.63, 3.8) is 0 Å². The van der Waals surface area contributed by atoms with Crippen molar-refractivity contribution in [2.75, 3.05) is 19.7 Å². The summed E-state index contributed by atoms with van der Waals surface area (Å²) >= 11 is 0. The number of rotatable bonds is 4. The highest BCUT2D eigenvalue weighted by molar-refractivity contribution is 5.08. The Hall–Kier alpha value is -0.930. The number of nitrogens with zero attached hydrogens (tertiary/aromatic N) is 2. The fraction of sp³-hybridized carbons (Fsp3) is 0.706. The molecule has 0 radical (unpaired) electrons. The van der Waals surface area contributed by atoms with Gasteiger partial charge in [-0.2, -0.15) is 0 Å². The molecule has 3 heteroatoms. The van der Waals surface area contributed by atoms with Crippen LogP contribution in [-0.2, 0) is 11.3 Å². The van der Waals surface area contributed by atoms with Gasteiger partial charge in [0.15, 0.2) is 0 Å². The molecule has 1 unspecified atom stereocenters. The largest absolute Gasteiger partial charge is 0.376 e. The fourth-order valence-corrected chi connectivity index (χ4v) is 3.61. The van der Waals surface area contributed by atoms with E-state index in [1.54, 1.807) is 0 Å². The molecule has 2 heterocycles. The minimum absolute atomic E-state index is 0.448. The lowest BCUT2D eigenvalue weighted by Crippen LogP contribution is -2.42. The molecule has 1 aliphatic carbocycles. The summed E-state index contributed by atoms with van der Waals surface area (Å²) < 4.78 is 5.99. The maximum Gasteiger partial charge on any atom is 0.0705 e. The summed E-state index contributed by atoms with van der Waals surface area (Å²) in [6, 6.07) is 4.19. The van der Waals surface area contributed by atoms with E-state index in [-0.39, 0.29) is 0 Å². The van der Waals surface area contributed by atoms with Crippen LogP contribution in [0.2, 0.25) is 0 Å². The highest BCUT2D eigenvalue weighted by Crippen LogP contribution is 2.29. The maximum atomic E-state index is 5.99. The summed E-state index contributed by atoms with van der Waals surface area (Å²) in [4.78, 5) is 6.73. The lowest BCUT2D eigenvalue weighted by Gasteiger charge is -2.35. The van der Waals surface area contributed by atoms with Crippen molar-refractivity contribution < 1.29 is 4.74 Å². The zero-order valence-corrected chi connectivity index (χ0v) is 12.3. The van der Waals surface area contributed by atoms with Crippen LogP contribution in [-0.4, -0.2) is 35.7 Å². The zero-order chi connectivity index (χ0) is 13.6. The number of hydrogen-bond acceptors (Lipinski definition) is 3. The normalized spacial score (nSPS) is 25.7. The molecule has 3 rings (SSSR count). The molecular weight excluding hydrogens is 248 g/mol. The smallest absolute Gasteiger partial charge is 0.0705 e. The van der Waals surface area contributed by atoms with Gasteiger partial charge in [0.25, 0.3) is 0 Å². The van der Waals surface area contributed by atoms with Crippen LogP contribution in [0.15, 0.2) is 24.5 Å². The molecule has 110 valence electrons. The molecule has 1 aromatic heterocycles. The summed E-state index contributed by atoms with van der Waals surface area (Å²) in [6.07, 6.45) is 12.7. The van der Waals surface area contributed by atoms with Crippen LogP contribution < -0.4 is 0 Å². The number of morpholine rings is 1. The van der Waals surface area contributed by atoms with Gasteiger partial charge in [-0.05, 0) is 24.0 Å². The first-order chi connectivity index (χ1) is 9.90. The third kappa shape index (κ3) is 4.03. The SMILES string of the molecule is c1cncc(CN2CCOC(CC3CCCCC3)C2)c1. The van der Waals surface area contributed by atoms with Crippen LogP contribution in [0, 0.1) is 5.92 Å². The third-order valence-electron chi connectivity index (χ3n) is 4.67. The Balaban J connectivity index is 1.48. The van der Waals surface area contributed by atoms with Gasteiger partial charge in [-0.3, -0.25) is 9.88 Å². The number of aromatic nitrogens is 1. The molecule has 2 aliphatic rings. The number of pyridine rings is 1. The monoisotopic (exact) mass is 274 g/mol. The standard InChI is InChI=1S/C17H26N2O/c1-2-5-15(6-3-1)11-17-14-19(9-10-20-17)13-16-7-4-8-18-12-16/h4,7-8,12,15,17H,1-3,5-6,9-11,13-14H2. The van der Waals surface area contributed by atoms with Crippen LogP contribution in [0.5, 0.6) is 0 Å². The van der Waals surface area contributed by atoms with Gasteiger partial charge in [-0.1, -0.05) is 38.2 Å². The first-order valence-corrected chi connectivity index (χ1v) is 8.13. The maximum absolute atomic E-state index is 5.99. The van der Waals surface area contributed by atoms with Crippen molar-refractivity contribution in [3.05, 3.63) is 30.1 Å². The predicted octanol–water partition coefficient (Wildman–Crippen LogP) is 3.25. The Bertz CT molecular complexity index is 389. The van der Waals surface area contributed by atoms with E-state index in [0.717, 1.165) is 32.2 Å². The average Bonchev–Trinajstić information content (AvgIpc) is 2.50. The van der Waals surface area contributed by atoms with E-state index in [4.69, 9.17) is 4.74 Å². The van der Waals surface area contributed by atoms with E-state index in [1.807, 2.05) is 18.5 Å². The zero-order valence-electron chi connectivity index (χ0n) is 12.3. The quantitative estimate of drug-likeness (QED) is 0.842. The van der Waals surface area contributed by atoms with E-state index < -0.39 is 0 Å². The van der Waals surface area contributed by atoms with Gasteiger partial charge in [0.05, 0.1) is 12.7 Å². The summed E-state index contributed by atoms with van der Waals surface area (Å²) in [5.74, 6) is 0.909. The lowest BCUT2D eigenvalue weighted by atomic mass is 9.85. The average molecular weight is 274 g/mol. The van der Waals surface area contributed by atoms with Crippen molar-refractivity contribution in [1.29, 1.82) is 0 Å². The molecule has 0 amide bonds. The Labute approximate surface area is 122 Å². The molecule has 0 bridgehead atoms. The first-order valence-electron chi connectivity index (χ1n) is 8.13. The van der Waals surface area contributed by atoms with Gasteiger partial charge in [0.1, 0.15) is 0 Å². The van der Waals surface area contributed by atoms with E-state index in [2.05, 4.69) is 16.0 Å². The molecule has 1 aromatic rings. The highest BCUT2D eigenvalue weighted by Gasteiger charge is 2.24. The highest BCUT2D eigenvalue weighted by atomic mass is 16.5. The molecule has 0 aromatic carbocycles. The first kappa shape index (κ1) is 14.0. The molecule has 1 saturated heterocycles. The van der Waals surface area contributed by atoms with E-state index >= 15 is 0 Å². The molecule has 1 saturated carbocycles. The predicted molar refractivity (Wildman–Crippen MR) is 80.4 cm³/mol. The van der Waals surface area contributed by atoms with Gasteiger partial charge in [0, 0.05) is 32.0 Å². The van der Waals surface area contributed by atoms with Crippen molar-refractivity contribution in [3.8, 4) is 0 Å². The third-order valence-corrected chi connectivity index (χ3v) is 4.67. The van der Waals surface area contributed by atoms with Crippen molar-refractivity contribution in [1.82, 2.24) is 9.88 Å². The lowest BCUT2D eigenvalue weighted by molar-refractivity contribution is -0.0439. The summed E-state index contributed by atoms with van der Waals surface area (Å²) in [5.41, 5.74) is 1.31. The number of hydrogen-bond donors (Lipinski definition) is 0. The minimum Gasteiger partial charge on any atom is -0.376 e. The van der Waals surface area contributed by atoms with Crippen LogP contribution in [0.25, 0.3) is 0 Å². The van der Waals surface area contributed by atoms with E-state index in [0.29, 0.717) is 6.10 Å². The summed E-state index contributed by atoms with van der Waals surface area (Å²) in [7, 11) is 0. The van der Waals surface area contributed by atoms with E-state index in [9.17, 15) is 0 Å². The minimum atomic E-state index is 0.448. The molecular formula is C17H26N2O. The molecule has 1 aliphatic heterocycles. The van der Waals surface area contributed by atoms with Crippen LogP contribution in [0.4, 0.5) is 0 Å². The molecule has 20 heavy (non-hydrogen) atoms. The van der Waals surface area contributed by atoms with Crippen molar-refractivity contribution >= 4 is 0 Å². The summed E-state index contributed by atoms with van der Waals surface area (Å²) in [6.45, 7) is 4.04. The van der Waals surface area contributed by atoms with Crippen molar-refractivity contribution in [2.24, 2.45) is 5.92 Å². The Kier molecular flexibility index (Phi) is 5.04. The molecule has 3 nitrogen and oxygen atoms in total.